The molecule has 0 aromatic heterocycles. The molecule has 0 aliphatic carbocycles. The first kappa shape index (κ1) is 23.9. The second-order valence-corrected chi connectivity index (χ2v) is 8.13. The Kier molecular flexibility index (Phi) is 9.97. The Hall–Kier alpha value is -2.11. The van der Waals surface area contributed by atoms with Gasteiger partial charge in [-0.2, -0.15) is 5.26 Å². The average Bonchev–Trinajstić information content (AvgIpc) is 2.63. The maximum absolute atomic E-state index is 9.10. The summed E-state index contributed by atoms with van der Waals surface area (Å²) in [6.45, 7) is 12.4. The first-order valence-electron chi connectivity index (χ1n) is 10.2. The van der Waals surface area contributed by atoms with Gasteiger partial charge in [0.2, 0.25) is 0 Å². The van der Waals surface area contributed by atoms with Gasteiger partial charge in [-0.15, -0.1) is 0 Å². The van der Waals surface area contributed by atoms with Gasteiger partial charge in [0.15, 0.2) is 0 Å². The van der Waals surface area contributed by atoms with Crippen molar-refractivity contribution in [3.8, 4) is 6.07 Å². The number of aryl methyl sites for hydroxylation is 1. The Morgan fingerprint density at radius 2 is 1.57 bits per heavy atom. The highest BCUT2D eigenvalue weighted by atomic mass is 15.2. The number of nitriles is 1. The fourth-order valence-corrected chi connectivity index (χ4v) is 4.01. The maximum atomic E-state index is 9.10. The van der Waals surface area contributed by atoms with Crippen LogP contribution in [0.15, 0.2) is 48.5 Å². The number of benzene rings is 2. The van der Waals surface area contributed by atoms with Crippen molar-refractivity contribution in [3.05, 3.63) is 70.8 Å². The third-order valence-corrected chi connectivity index (χ3v) is 5.45. The minimum absolute atomic E-state index is 0. The predicted octanol–water partition coefficient (Wildman–Crippen LogP) is 6.53. The molecule has 0 radical (unpaired) electrons. The number of hydrogen-bond donors (Lipinski definition) is 0. The molecule has 2 aromatic rings. The molecular formula is C26H38N2. The highest BCUT2D eigenvalue weighted by Crippen LogP contribution is 2.29. The molecule has 0 saturated heterocycles. The minimum Gasteiger partial charge on any atom is -0.299 e. The highest BCUT2D eigenvalue weighted by molar-refractivity contribution is 5.36. The molecule has 0 spiro atoms. The van der Waals surface area contributed by atoms with Crippen molar-refractivity contribution in [1.29, 1.82) is 5.26 Å². The zero-order valence-electron chi connectivity index (χ0n) is 17.6. The fraction of sp³-hybridized carbons (Fsp3) is 0.500. The van der Waals surface area contributed by atoms with Crippen molar-refractivity contribution >= 4 is 0 Å². The van der Waals surface area contributed by atoms with Crippen LogP contribution in [-0.4, -0.2) is 23.5 Å². The molecule has 28 heavy (non-hydrogen) atoms. The van der Waals surface area contributed by atoms with E-state index in [0.717, 1.165) is 24.9 Å². The van der Waals surface area contributed by atoms with Crippen LogP contribution in [-0.2, 0) is 12.8 Å². The van der Waals surface area contributed by atoms with E-state index in [4.69, 9.17) is 5.26 Å². The van der Waals surface area contributed by atoms with Gasteiger partial charge >= 0.3 is 0 Å². The van der Waals surface area contributed by atoms with Crippen LogP contribution in [0.5, 0.6) is 0 Å². The van der Waals surface area contributed by atoms with Crippen LogP contribution >= 0.6 is 0 Å². The normalized spacial score (nSPS) is 12.1. The number of hydrogen-bond acceptors (Lipinski definition) is 2. The van der Waals surface area contributed by atoms with Gasteiger partial charge in [0, 0.05) is 12.1 Å². The van der Waals surface area contributed by atoms with Gasteiger partial charge in [-0.1, -0.05) is 56.0 Å². The molecule has 2 nitrogen and oxygen atoms in total. The number of rotatable bonds is 9. The Labute approximate surface area is 173 Å². The van der Waals surface area contributed by atoms with Crippen LogP contribution in [0.2, 0.25) is 0 Å². The fourth-order valence-electron chi connectivity index (χ4n) is 4.01. The molecule has 2 heteroatoms. The van der Waals surface area contributed by atoms with E-state index in [1.165, 1.54) is 16.7 Å². The van der Waals surface area contributed by atoms with E-state index in [0.29, 0.717) is 24.4 Å². The molecule has 152 valence electrons. The lowest BCUT2D eigenvalue weighted by atomic mass is 9.85. The quantitative estimate of drug-likeness (QED) is 0.496. The summed E-state index contributed by atoms with van der Waals surface area (Å²) in [4.78, 5) is 2.58. The van der Waals surface area contributed by atoms with E-state index in [2.05, 4.69) is 94.1 Å². The van der Waals surface area contributed by atoms with Crippen LogP contribution in [0.25, 0.3) is 0 Å². The Bertz CT molecular complexity index is 733. The van der Waals surface area contributed by atoms with Crippen molar-refractivity contribution < 1.29 is 0 Å². The summed E-state index contributed by atoms with van der Waals surface area (Å²) in [5.74, 6) is 0.464. The first-order chi connectivity index (χ1) is 12.9. The molecule has 0 saturated carbocycles. The summed E-state index contributed by atoms with van der Waals surface area (Å²) in [5, 5.41) is 9.10. The van der Waals surface area contributed by atoms with Gasteiger partial charge in [0.05, 0.1) is 12.5 Å². The van der Waals surface area contributed by atoms with Crippen molar-refractivity contribution in [2.75, 3.05) is 6.54 Å². The lowest BCUT2D eigenvalue weighted by Crippen LogP contribution is -2.38. The molecule has 0 bridgehead atoms. The van der Waals surface area contributed by atoms with Gasteiger partial charge < -0.3 is 0 Å². The van der Waals surface area contributed by atoms with E-state index in [-0.39, 0.29) is 7.43 Å². The van der Waals surface area contributed by atoms with Gasteiger partial charge in [0.1, 0.15) is 0 Å². The smallest absolute Gasteiger partial charge is 0.0669 e. The molecule has 1 unspecified atom stereocenters. The van der Waals surface area contributed by atoms with Crippen molar-refractivity contribution in [2.45, 2.75) is 79.3 Å². The standard InChI is InChI=1S/C25H34N2.CH4/c1-19(2)27(20(3)4)16-14-24(17-22-9-7-6-8-10-22)25-18-23(13-15-26)12-11-21(25)5;/h6-12,18-20,24H,13-14,16-17H2,1-5H3;1H4. The molecule has 0 N–H and O–H groups in total. The second-order valence-electron chi connectivity index (χ2n) is 8.13. The predicted molar refractivity (Wildman–Crippen MR) is 122 cm³/mol. The SMILES string of the molecule is C.Cc1ccc(CC#N)cc1C(CCN(C(C)C)C(C)C)Cc1ccccc1. The van der Waals surface area contributed by atoms with E-state index >= 15 is 0 Å². The zero-order valence-corrected chi connectivity index (χ0v) is 17.6. The molecule has 1 atom stereocenters. The zero-order chi connectivity index (χ0) is 19.8. The molecule has 0 heterocycles. The first-order valence-corrected chi connectivity index (χ1v) is 10.2. The lowest BCUT2D eigenvalue weighted by molar-refractivity contribution is 0.168. The summed E-state index contributed by atoms with van der Waals surface area (Å²) >= 11 is 0. The summed E-state index contributed by atoms with van der Waals surface area (Å²) in [6, 6.07) is 20.7. The summed E-state index contributed by atoms with van der Waals surface area (Å²) in [7, 11) is 0. The number of nitrogens with zero attached hydrogens (tertiary/aromatic N) is 2. The van der Waals surface area contributed by atoms with Crippen LogP contribution in [0.3, 0.4) is 0 Å². The van der Waals surface area contributed by atoms with Crippen LogP contribution in [0.1, 0.15) is 69.7 Å². The Balaban J connectivity index is 0.00000392. The monoisotopic (exact) mass is 378 g/mol. The van der Waals surface area contributed by atoms with Gasteiger partial charge in [0.25, 0.3) is 0 Å². The van der Waals surface area contributed by atoms with Gasteiger partial charge in [-0.05, 0) is 82.2 Å². The minimum atomic E-state index is 0. The molecule has 2 aromatic carbocycles. The van der Waals surface area contributed by atoms with Crippen molar-refractivity contribution in [2.24, 2.45) is 0 Å². The molecule has 0 aliphatic rings. The largest absolute Gasteiger partial charge is 0.299 e. The van der Waals surface area contributed by atoms with E-state index in [1.54, 1.807) is 0 Å². The third kappa shape index (κ3) is 6.80. The molecular weight excluding hydrogens is 340 g/mol. The third-order valence-electron chi connectivity index (χ3n) is 5.45. The Morgan fingerprint density at radius 1 is 0.929 bits per heavy atom. The van der Waals surface area contributed by atoms with E-state index < -0.39 is 0 Å². The molecule has 0 aliphatic heterocycles. The van der Waals surface area contributed by atoms with E-state index in [1.807, 2.05) is 0 Å². The van der Waals surface area contributed by atoms with Crippen LogP contribution in [0.4, 0.5) is 0 Å². The van der Waals surface area contributed by atoms with Crippen LogP contribution < -0.4 is 0 Å². The summed E-state index contributed by atoms with van der Waals surface area (Å²) in [6.07, 6.45) is 2.65. The van der Waals surface area contributed by atoms with Crippen LogP contribution in [0, 0.1) is 18.3 Å². The summed E-state index contributed by atoms with van der Waals surface area (Å²) in [5.41, 5.74) is 5.24. The highest BCUT2D eigenvalue weighted by Gasteiger charge is 2.19. The molecule has 0 amide bonds. The van der Waals surface area contributed by atoms with Crippen molar-refractivity contribution in [3.63, 3.8) is 0 Å². The van der Waals surface area contributed by atoms with E-state index in [9.17, 15) is 0 Å². The maximum Gasteiger partial charge on any atom is 0.0669 e. The Morgan fingerprint density at radius 3 is 2.14 bits per heavy atom. The lowest BCUT2D eigenvalue weighted by Gasteiger charge is -2.32. The molecule has 0 fully saturated rings. The van der Waals surface area contributed by atoms with Gasteiger partial charge in [-0.25, -0.2) is 0 Å². The van der Waals surface area contributed by atoms with Crippen molar-refractivity contribution in [1.82, 2.24) is 4.90 Å². The van der Waals surface area contributed by atoms with Gasteiger partial charge in [-0.3, -0.25) is 4.90 Å². The second kappa shape index (κ2) is 11.7. The summed E-state index contributed by atoms with van der Waals surface area (Å²) < 4.78 is 0. The average molecular weight is 379 g/mol. The topological polar surface area (TPSA) is 27.0 Å². The molecule has 2 rings (SSSR count).